The van der Waals surface area contributed by atoms with Crippen LogP contribution in [0.2, 0.25) is 0 Å². The zero-order valence-corrected chi connectivity index (χ0v) is 9.15. The Labute approximate surface area is 90.8 Å². The number of hydrogen-bond acceptors (Lipinski definition) is 3. The van der Waals surface area contributed by atoms with E-state index in [4.69, 9.17) is 10.5 Å². The number of methoxy groups -OCH3 is 1. The second-order valence-corrected chi connectivity index (χ2v) is 4.13. The Bertz CT molecular complexity index is 327. The van der Waals surface area contributed by atoms with E-state index in [-0.39, 0.29) is 0 Å². The summed E-state index contributed by atoms with van der Waals surface area (Å²) in [7, 11) is 1.79. The molecule has 0 aromatic heterocycles. The van der Waals surface area contributed by atoms with Gasteiger partial charge in [0, 0.05) is 32.4 Å². The predicted octanol–water partition coefficient (Wildman–Crippen LogP) is 1.49. The van der Waals surface area contributed by atoms with Crippen LogP contribution in [0.25, 0.3) is 0 Å². The summed E-state index contributed by atoms with van der Waals surface area (Å²) in [6, 6.07) is 8.09. The molecule has 0 spiro atoms. The summed E-state index contributed by atoms with van der Waals surface area (Å²) < 4.78 is 5.34. The van der Waals surface area contributed by atoms with E-state index in [0.29, 0.717) is 6.10 Å². The van der Waals surface area contributed by atoms with E-state index in [1.807, 2.05) is 18.2 Å². The van der Waals surface area contributed by atoms with Crippen LogP contribution in [0.15, 0.2) is 24.3 Å². The maximum Gasteiger partial charge on any atom is 0.0710 e. The third-order valence-electron chi connectivity index (χ3n) is 2.92. The van der Waals surface area contributed by atoms with Gasteiger partial charge in [-0.15, -0.1) is 0 Å². The number of hydrogen-bond donors (Lipinski definition) is 1. The Morgan fingerprint density at radius 3 is 3.07 bits per heavy atom. The molecule has 1 aliphatic rings. The molecule has 0 aliphatic carbocycles. The van der Waals surface area contributed by atoms with Crippen LogP contribution in [-0.4, -0.2) is 31.2 Å². The fourth-order valence-electron chi connectivity index (χ4n) is 2.08. The molecule has 1 saturated heterocycles. The molecule has 3 heteroatoms. The lowest BCUT2D eigenvalue weighted by atomic mass is 10.2. The first-order valence-corrected chi connectivity index (χ1v) is 5.37. The third kappa shape index (κ3) is 2.70. The fraction of sp³-hybridized carbons (Fsp3) is 0.500. The minimum absolute atomic E-state index is 0.408. The van der Waals surface area contributed by atoms with Crippen molar-refractivity contribution in [2.75, 3.05) is 25.9 Å². The molecule has 3 nitrogen and oxygen atoms in total. The van der Waals surface area contributed by atoms with Crippen LogP contribution < -0.4 is 5.73 Å². The molecule has 1 fully saturated rings. The first kappa shape index (κ1) is 10.5. The Morgan fingerprint density at radius 2 is 2.40 bits per heavy atom. The van der Waals surface area contributed by atoms with E-state index in [9.17, 15) is 0 Å². The quantitative estimate of drug-likeness (QED) is 0.761. The van der Waals surface area contributed by atoms with Crippen LogP contribution in [0.5, 0.6) is 0 Å². The Morgan fingerprint density at radius 1 is 1.53 bits per heavy atom. The summed E-state index contributed by atoms with van der Waals surface area (Å²) >= 11 is 0. The third-order valence-corrected chi connectivity index (χ3v) is 2.92. The summed E-state index contributed by atoms with van der Waals surface area (Å²) in [6.45, 7) is 3.13. The Hall–Kier alpha value is -1.06. The van der Waals surface area contributed by atoms with Gasteiger partial charge in [0.25, 0.3) is 0 Å². The molecule has 0 saturated carbocycles. The second kappa shape index (κ2) is 4.64. The van der Waals surface area contributed by atoms with Crippen molar-refractivity contribution >= 4 is 5.69 Å². The number of likely N-dealkylation sites (tertiary alicyclic amines) is 1. The lowest BCUT2D eigenvalue weighted by Crippen LogP contribution is -2.22. The van der Waals surface area contributed by atoms with Crippen LogP contribution in [0, 0.1) is 0 Å². The van der Waals surface area contributed by atoms with Gasteiger partial charge < -0.3 is 10.5 Å². The van der Waals surface area contributed by atoms with Crippen molar-refractivity contribution in [3.8, 4) is 0 Å². The largest absolute Gasteiger partial charge is 0.399 e. The fourth-order valence-corrected chi connectivity index (χ4v) is 2.08. The molecule has 1 heterocycles. The molecule has 2 rings (SSSR count). The average molecular weight is 206 g/mol. The number of nitrogens with two attached hydrogens (primary N) is 1. The normalized spacial score (nSPS) is 22.1. The van der Waals surface area contributed by atoms with Crippen molar-refractivity contribution < 1.29 is 4.74 Å². The highest BCUT2D eigenvalue weighted by Crippen LogP contribution is 2.16. The zero-order valence-electron chi connectivity index (χ0n) is 9.15. The molecular weight excluding hydrogens is 188 g/mol. The molecule has 0 bridgehead atoms. The maximum absolute atomic E-state index is 5.74. The topological polar surface area (TPSA) is 38.5 Å². The molecule has 0 amide bonds. The Balaban J connectivity index is 1.92. The van der Waals surface area contributed by atoms with Gasteiger partial charge in [0.15, 0.2) is 0 Å². The maximum atomic E-state index is 5.74. The molecule has 82 valence electrons. The van der Waals surface area contributed by atoms with Gasteiger partial charge in [0.05, 0.1) is 6.10 Å². The van der Waals surface area contributed by atoms with Crippen LogP contribution in [0.4, 0.5) is 5.69 Å². The van der Waals surface area contributed by atoms with Gasteiger partial charge in [0.2, 0.25) is 0 Å². The van der Waals surface area contributed by atoms with Crippen LogP contribution in [0.1, 0.15) is 12.0 Å². The van der Waals surface area contributed by atoms with E-state index in [2.05, 4.69) is 11.0 Å². The summed E-state index contributed by atoms with van der Waals surface area (Å²) in [5.74, 6) is 0. The van der Waals surface area contributed by atoms with Gasteiger partial charge in [-0.1, -0.05) is 12.1 Å². The molecule has 2 N–H and O–H groups in total. The second-order valence-electron chi connectivity index (χ2n) is 4.13. The summed E-state index contributed by atoms with van der Waals surface area (Å²) in [6.07, 6.45) is 1.55. The van der Waals surface area contributed by atoms with Gasteiger partial charge >= 0.3 is 0 Å². The number of nitrogens with zero attached hydrogens (tertiary/aromatic N) is 1. The van der Waals surface area contributed by atoms with Crippen molar-refractivity contribution in [2.45, 2.75) is 19.1 Å². The number of benzene rings is 1. The predicted molar refractivity (Wildman–Crippen MR) is 61.5 cm³/mol. The van der Waals surface area contributed by atoms with Gasteiger partial charge in [-0.25, -0.2) is 0 Å². The Kier molecular flexibility index (Phi) is 3.23. The van der Waals surface area contributed by atoms with Crippen molar-refractivity contribution in [2.24, 2.45) is 0 Å². The lowest BCUT2D eigenvalue weighted by molar-refractivity contribution is 0.107. The molecule has 1 aliphatic heterocycles. The number of nitrogen functional groups attached to an aromatic ring is 1. The summed E-state index contributed by atoms with van der Waals surface area (Å²) in [5.41, 5.74) is 7.87. The minimum atomic E-state index is 0.408. The summed E-state index contributed by atoms with van der Waals surface area (Å²) in [4.78, 5) is 2.41. The first-order chi connectivity index (χ1) is 7.28. The molecule has 15 heavy (non-hydrogen) atoms. The average Bonchev–Trinajstić information content (AvgIpc) is 2.65. The van der Waals surface area contributed by atoms with Crippen molar-refractivity contribution in [1.82, 2.24) is 4.90 Å². The summed E-state index contributed by atoms with van der Waals surface area (Å²) in [5, 5.41) is 0. The van der Waals surface area contributed by atoms with Gasteiger partial charge in [0.1, 0.15) is 0 Å². The van der Waals surface area contributed by atoms with E-state index >= 15 is 0 Å². The van der Waals surface area contributed by atoms with Crippen molar-refractivity contribution in [3.63, 3.8) is 0 Å². The van der Waals surface area contributed by atoms with Crippen LogP contribution >= 0.6 is 0 Å². The standard InChI is InChI=1S/C12H18N2O/c1-15-12-5-6-14(9-12)8-10-3-2-4-11(13)7-10/h2-4,7,12H,5-6,8-9,13H2,1H3/t12-/m1/s1. The SMILES string of the molecule is CO[C@@H]1CCN(Cc2cccc(N)c2)C1. The first-order valence-electron chi connectivity index (χ1n) is 5.37. The highest BCUT2D eigenvalue weighted by molar-refractivity contribution is 5.40. The lowest BCUT2D eigenvalue weighted by Gasteiger charge is -2.15. The highest BCUT2D eigenvalue weighted by atomic mass is 16.5. The van der Waals surface area contributed by atoms with Crippen LogP contribution in [-0.2, 0) is 11.3 Å². The van der Waals surface area contributed by atoms with E-state index < -0.39 is 0 Å². The van der Waals surface area contributed by atoms with Gasteiger partial charge in [-0.05, 0) is 24.1 Å². The minimum Gasteiger partial charge on any atom is -0.399 e. The molecule has 0 unspecified atom stereocenters. The molecule has 0 radical (unpaired) electrons. The van der Waals surface area contributed by atoms with Gasteiger partial charge in [-0.3, -0.25) is 4.90 Å². The van der Waals surface area contributed by atoms with Crippen molar-refractivity contribution in [3.05, 3.63) is 29.8 Å². The van der Waals surface area contributed by atoms with E-state index in [1.54, 1.807) is 7.11 Å². The molecule has 1 aromatic rings. The number of ether oxygens (including phenoxy) is 1. The highest BCUT2D eigenvalue weighted by Gasteiger charge is 2.21. The number of rotatable bonds is 3. The van der Waals surface area contributed by atoms with Crippen LogP contribution in [0.3, 0.4) is 0 Å². The molecular formula is C12H18N2O. The monoisotopic (exact) mass is 206 g/mol. The zero-order chi connectivity index (χ0) is 10.7. The molecule has 1 atom stereocenters. The van der Waals surface area contributed by atoms with E-state index in [0.717, 1.165) is 31.7 Å². The van der Waals surface area contributed by atoms with Crippen molar-refractivity contribution in [1.29, 1.82) is 0 Å². The number of anilines is 1. The molecule has 1 aromatic carbocycles. The van der Waals surface area contributed by atoms with Gasteiger partial charge in [-0.2, -0.15) is 0 Å². The smallest absolute Gasteiger partial charge is 0.0710 e. The van der Waals surface area contributed by atoms with E-state index in [1.165, 1.54) is 5.56 Å².